The average molecular weight is 570 g/mol. The molecule has 1 aliphatic rings. The van der Waals surface area contributed by atoms with Crippen LogP contribution in [0.3, 0.4) is 0 Å². The van der Waals surface area contributed by atoms with Gasteiger partial charge in [-0.1, -0.05) is 18.7 Å². The van der Waals surface area contributed by atoms with Crippen molar-refractivity contribution in [3.63, 3.8) is 0 Å². The first-order chi connectivity index (χ1) is 19.6. The second-order valence-corrected chi connectivity index (χ2v) is 9.20. The number of nitrogens with one attached hydrogen (secondary N) is 3. The normalized spacial score (nSPS) is 13.4. The number of carbonyl (C=O) groups excluding carboxylic acids is 2. The Morgan fingerprint density at radius 1 is 1.10 bits per heavy atom. The molecular weight excluding hydrogens is 539 g/mol. The molecule has 0 aliphatic carbocycles. The molecule has 0 atom stereocenters. The van der Waals surface area contributed by atoms with Gasteiger partial charge >= 0.3 is 6.18 Å². The van der Waals surface area contributed by atoms with Gasteiger partial charge in [-0.05, 0) is 30.3 Å². The van der Waals surface area contributed by atoms with Gasteiger partial charge in [-0.3, -0.25) is 9.59 Å². The summed E-state index contributed by atoms with van der Waals surface area (Å²) in [4.78, 5) is 35.1. The highest BCUT2D eigenvalue weighted by molar-refractivity contribution is 5.99. The number of halogens is 3. The Hall–Kier alpha value is -4.81. The molecule has 1 aliphatic heterocycles. The first kappa shape index (κ1) is 29.2. The number of amides is 2. The van der Waals surface area contributed by atoms with Gasteiger partial charge in [0.15, 0.2) is 0 Å². The number of rotatable bonds is 9. The van der Waals surface area contributed by atoms with Crippen LogP contribution in [-0.4, -0.2) is 60.0 Å². The molecule has 1 saturated heterocycles. The molecule has 3 aromatic rings. The van der Waals surface area contributed by atoms with Crippen molar-refractivity contribution in [2.45, 2.75) is 19.6 Å². The van der Waals surface area contributed by atoms with E-state index in [9.17, 15) is 22.8 Å². The van der Waals surface area contributed by atoms with Crippen molar-refractivity contribution in [1.29, 1.82) is 0 Å². The number of ether oxygens (including phenoxy) is 1. The summed E-state index contributed by atoms with van der Waals surface area (Å²) in [5.74, 6) is -0.284. The summed E-state index contributed by atoms with van der Waals surface area (Å²) in [6, 6.07) is 11.9. The largest absolute Gasteiger partial charge is 0.496 e. The molecule has 10 nitrogen and oxygen atoms in total. The lowest BCUT2D eigenvalue weighted by molar-refractivity contribution is -0.137. The molecule has 0 unspecified atom stereocenters. The summed E-state index contributed by atoms with van der Waals surface area (Å²) < 4.78 is 46.8. The van der Waals surface area contributed by atoms with Crippen LogP contribution < -0.4 is 25.6 Å². The van der Waals surface area contributed by atoms with Crippen molar-refractivity contribution in [1.82, 2.24) is 14.9 Å². The first-order valence-corrected chi connectivity index (χ1v) is 12.7. The zero-order chi connectivity index (χ0) is 29.6. The fourth-order valence-corrected chi connectivity index (χ4v) is 4.30. The molecule has 4 rings (SSSR count). The van der Waals surface area contributed by atoms with Crippen LogP contribution in [-0.2, 0) is 22.3 Å². The molecular formula is C28H30F3N7O3. The van der Waals surface area contributed by atoms with Gasteiger partial charge < -0.3 is 30.5 Å². The predicted molar refractivity (Wildman–Crippen MR) is 150 cm³/mol. The smallest absolute Gasteiger partial charge is 0.421 e. The summed E-state index contributed by atoms with van der Waals surface area (Å²) in [6.07, 6.45) is -2.91. The second kappa shape index (κ2) is 12.6. The van der Waals surface area contributed by atoms with Crippen molar-refractivity contribution in [3.8, 4) is 5.75 Å². The number of carbonyl (C=O) groups is 2. The molecule has 216 valence electrons. The molecule has 1 aromatic heterocycles. The number of aromatic nitrogens is 2. The zero-order valence-electron chi connectivity index (χ0n) is 22.6. The molecule has 13 heteroatoms. The van der Waals surface area contributed by atoms with Gasteiger partial charge in [0.2, 0.25) is 17.8 Å². The molecule has 41 heavy (non-hydrogen) atoms. The molecule has 1 fully saturated rings. The molecule has 3 N–H and O–H groups in total. The van der Waals surface area contributed by atoms with Gasteiger partial charge in [-0.15, -0.1) is 0 Å². The highest BCUT2D eigenvalue weighted by atomic mass is 19.4. The molecule has 2 heterocycles. The Labute approximate surface area is 235 Å². The number of hydrogen-bond acceptors (Lipinski definition) is 8. The SMILES string of the molecule is C=CC(=O)Nc1cccc(Nc2nc(NCc3ccc(N4CCN(C(C)=O)CC4)cc3OC)ncc2C(F)(F)F)c1. The number of methoxy groups -OCH3 is 1. The van der Waals surface area contributed by atoms with Crippen LogP contribution in [0.15, 0.2) is 61.3 Å². The van der Waals surface area contributed by atoms with Gasteiger partial charge in [0.25, 0.3) is 0 Å². The zero-order valence-corrected chi connectivity index (χ0v) is 22.6. The van der Waals surface area contributed by atoms with Crippen molar-refractivity contribution in [2.75, 3.05) is 54.1 Å². The van der Waals surface area contributed by atoms with Gasteiger partial charge in [-0.2, -0.15) is 18.2 Å². The minimum Gasteiger partial charge on any atom is -0.496 e. The fraction of sp³-hybridized carbons (Fsp3) is 0.286. The lowest BCUT2D eigenvalue weighted by Gasteiger charge is -2.35. The average Bonchev–Trinajstić information content (AvgIpc) is 2.95. The topological polar surface area (TPSA) is 112 Å². The standard InChI is InChI=1S/C28H30F3N7O3/c1-4-25(40)34-20-6-5-7-21(14-20)35-26-23(28(29,30)31)17-33-27(36-26)32-16-19-8-9-22(15-24(19)41-3)38-12-10-37(11-13-38)18(2)39/h4-9,14-15,17H,1,10-13,16H2,2-3H3,(H,34,40)(H2,32,33,35,36). The third-order valence-corrected chi connectivity index (χ3v) is 6.47. The number of nitrogens with zero attached hydrogens (tertiary/aromatic N) is 4. The van der Waals surface area contributed by atoms with Gasteiger partial charge in [0.1, 0.15) is 17.1 Å². The van der Waals surface area contributed by atoms with Crippen LogP contribution in [0, 0.1) is 0 Å². The van der Waals surface area contributed by atoms with E-state index in [4.69, 9.17) is 4.74 Å². The number of hydrogen-bond donors (Lipinski definition) is 3. The van der Waals surface area contributed by atoms with Crippen LogP contribution in [0.25, 0.3) is 0 Å². The Bertz CT molecular complexity index is 1420. The summed E-state index contributed by atoms with van der Waals surface area (Å²) in [7, 11) is 1.54. The molecule has 2 aromatic carbocycles. The van der Waals surface area contributed by atoms with E-state index < -0.39 is 23.5 Å². The lowest BCUT2D eigenvalue weighted by atomic mass is 10.1. The number of benzene rings is 2. The maximum absolute atomic E-state index is 13.7. The van der Waals surface area contributed by atoms with E-state index >= 15 is 0 Å². The Balaban J connectivity index is 1.50. The highest BCUT2D eigenvalue weighted by Crippen LogP contribution is 2.35. The van der Waals surface area contributed by atoms with E-state index in [0.29, 0.717) is 43.8 Å². The van der Waals surface area contributed by atoms with E-state index in [1.165, 1.54) is 6.07 Å². The Kier molecular flexibility index (Phi) is 8.95. The Morgan fingerprint density at radius 2 is 1.83 bits per heavy atom. The minimum atomic E-state index is -4.70. The summed E-state index contributed by atoms with van der Waals surface area (Å²) >= 11 is 0. The monoisotopic (exact) mass is 569 g/mol. The molecule has 0 bridgehead atoms. The van der Waals surface area contributed by atoms with Crippen LogP contribution in [0.5, 0.6) is 5.75 Å². The van der Waals surface area contributed by atoms with Crippen LogP contribution in [0.2, 0.25) is 0 Å². The van der Waals surface area contributed by atoms with Crippen molar-refractivity contribution in [3.05, 3.63) is 72.4 Å². The summed E-state index contributed by atoms with van der Waals surface area (Å²) in [5.41, 5.74) is 1.30. The van der Waals surface area contributed by atoms with Crippen molar-refractivity contribution in [2.24, 2.45) is 0 Å². The summed E-state index contributed by atoms with van der Waals surface area (Å²) in [5, 5.41) is 8.21. The third kappa shape index (κ3) is 7.44. The van der Waals surface area contributed by atoms with E-state index in [1.54, 1.807) is 37.1 Å². The quantitative estimate of drug-likeness (QED) is 0.320. The van der Waals surface area contributed by atoms with E-state index in [-0.39, 0.29) is 24.1 Å². The van der Waals surface area contributed by atoms with Crippen LogP contribution >= 0.6 is 0 Å². The highest BCUT2D eigenvalue weighted by Gasteiger charge is 2.35. The third-order valence-electron chi connectivity index (χ3n) is 6.47. The second-order valence-electron chi connectivity index (χ2n) is 9.20. The summed E-state index contributed by atoms with van der Waals surface area (Å²) in [6.45, 7) is 7.79. The number of alkyl halides is 3. The van der Waals surface area contributed by atoms with E-state index in [1.807, 2.05) is 18.2 Å². The van der Waals surface area contributed by atoms with Gasteiger partial charge in [-0.25, -0.2) is 4.98 Å². The molecule has 2 amide bonds. The maximum Gasteiger partial charge on any atom is 0.421 e. The molecule has 0 saturated carbocycles. The molecule has 0 radical (unpaired) electrons. The maximum atomic E-state index is 13.7. The minimum absolute atomic E-state index is 0.0249. The van der Waals surface area contributed by atoms with Crippen molar-refractivity contribution < 1.29 is 27.5 Å². The van der Waals surface area contributed by atoms with Crippen LogP contribution in [0.4, 0.5) is 42.0 Å². The Morgan fingerprint density at radius 3 is 2.49 bits per heavy atom. The predicted octanol–water partition coefficient (Wildman–Crippen LogP) is 4.65. The van der Waals surface area contributed by atoms with E-state index in [2.05, 4.69) is 37.4 Å². The lowest BCUT2D eigenvalue weighted by Crippen LogP contribution is -2.48. The van der Waals surface area contributed by atoms with Gasteiger partial charge in [0, 0.05) is 74.5 Å². The fourth-order valence-electron chi connectivity index (χ4n) is 4.30. The molecule has 0 spiro atoms. The number of anilines is 5. The van der Waals surface area contributed by atoms with Crippen LogP contribution in [0.1, 0.15) is 18.1 Å². The van der Waals surface area contributed by atoms with E-state index in [0.717, 1.165) is 17.3 Å². The number of piperazine rings is 1. The van der Waals surface area contributed by atoms with Crippen molar-refractivity contribution >= 4 is 40.6 Å². The first-order valence-electron chi connectivity index (χ1n) is 12.7. The van der Waals surface area contributed by atoms with Gasteiger partial charge in [0.05, 0.1) is 7.11 Å².